The van der Waals surface area contributed by atoms with Gasteiger partial charge in [-0.25, -0.2) is 0 Å². The third-order valence-electron chi connectivity index (χ3n) is 3.34. The lowest BCUT2D eigenvalue weighted by Gasteiger charge is -2.09. The molecule has 0 aliphatic rings. The van der Waals surface area contributed by atoms with Crippen molar-refractivity contribution < 1.29 is 9.53 Å². The first kappa shape index (κ1) is 17.5. The molecule has 1 amide bonds. The molecule has 0 unspecified atom stereocenters. The lowest BCUT2D eigenvalue weighted by atomic mass is 10.1. The summed E-state index contributed by atoms with van der Waals surface area (Å²) in [5, 5.41) is 5.95. The Hall–Kier alpha value is -1.85. The molecule has 0 aliphatic carbocycles. The van der Waals surface area contributed by atoms with Gasteiger partial charge in [0, 0.05) is 12.1 Å². The molecule has 0 aromatic heterocycles. The predicted octanol–water partition coefficient (Wildman–Crippen LogP) is 3.37. The van der Waals surface area contributed by atoms with Crippen LogP contribution in [0.5, 0.6) is 5.75 Å². The van der Waals surface area contributed by atoms with Crippen LogP contribution in [0.1, 0.15) is 22.3 Å². The highest BCUT2D eigenvalue weighted by atomic mass is 79.9. The minimum atomic E-state index is -0.0422. The van der Waals surface area contributed by atoms with Gasteiger partial charge in [0.2, 0.25) is 0 Å². The molecule has 0 radical (unpaired) electrons. The van der Waals surface area contributed by atoms with Gasteiger partial charge in [-0.15, -0.1) is 0 Å². The average molecular weight is 377 g/mol. The molecule has 5 heteroatoms. The SMILES string of the molecule is CNCCCNC(=O)c1ccc(COc2ccccc2Br)cc1. The van der Waals surface area contributed by atoms with E-state index in [0.717, 1.165) is 28.8 Å². The van der Waals surface area contributed by atoms with Crippen molar-refractivity contribution in [3.05, 3.63) is 64.1 Å². The first-order valence-corrected chi connectivity index (χ1v) is 8.39. The largest absolute Gasteiger partial charge is 0.488 e. The number of nitrogens with one attached hydrogen (secondary N) is 2. The van der Waals surface area contributed by atoms with Crippen molar-refractivity contribution >= 4 is 21.8 Å². The number of halogens is 1. The lowest BCUT2D eigenvalue weighted by molar-refractivity contribution is 0.0953. The molecule has 0 atom stereocenters. The zero-order valence-electron chi connectivity index (χ0n) is 13.1. The Morgan fingerprint density at radius 2 is 1.83 bits per heavy atom. The van der Waals surface area contributed by atoms with Gasteiger partial charge in [-0.3, -0.25) is 4.79 Å². The highest BCUT2D eigenvalue weighted by Gasteiger charge is 2.05. The third kappa shape index (κ3) is 5.69. The fraction of sp³-hybridized carbons (Fsp3) is 0.278. The normalized spacial score (nSPS) is 10.3. The fourth-order valence-corrected chi connectivity index (χ4v) is 2.44. The first-order chi connectivity index (χ1) is 11.2. The van der Waals surface area contributed by atoms with Crippen LogP contribution >= 0.6 is 15.9 Å². The minimum absolute atomic E-state index is 0.0422. The number of hydrogen-bond acceptors (Lipinski definition) is 3. The molecule has 0 aliphatic heterocycles. The minimum Gasteiger partial charge on any atom is -0.488 e. The molecule has 2 rings (SSSR count). The molecule has 0 bridgehead atoms. The van der Waals surface area contributed by atoms with Crippen LogP contribution in [-0.2, 0) is 6.61 Å². The molecule has 23 heavy (non-hydrogen) atoms. The number of para-hydroxylation sites is 1. The maximum atomic E-state index is 12.0. The Labute approximate surface area is 145 Å². The molecule has 2 aromatic carbocycles. The van der Waals surface area contributed by atoms with E-state index in [0.29, 0.717) is 18.7 Å². The Kier molecular flexibility index (Phi) is 7.10. The Morgan fingerprint density at radius 3 is 2.52 bits per heavy atom. The summed E-state index contributed by atoms with van der Waals surface area (Å²) in [6, 6.07) is 15.2. The molecule has 0 fully saturated rings. The van der Waals surface area contributed by atoms with Gasteiger partial charge in [0.1, 0.15) is 12.4 Å². The summed E-state index contributed by atoms with van der Waals surface area (Å²) in [7, 11) is 1.90. The molecule has 2 N–H and O–H groups in total. The molecule has 0 spiro atoms. The summed E-state index contributed by atoms with van der Waals surface area (Å²) in [5.41, 5.74) is 1.69. The second kappa shape index (κ2) is 9.33. The highest BCUT2D eigenvalue weighted by Crippen LogP contribution is 2.24. The second-order valence-electron chi connectivity index (χ2n) is 5.13. The summed E-state index contributed by atoms with van der Waals surface area (Å²) in [6.07, 6.45) is 0.917. The quantitative estimate of drug-likeness (QED) is 0.694. The van der Waals surface area contributed by atoms with Gasteiger partial charge in [0.15, 0.2) is 0 Å². The Bertz CT molecular complexity index is 629. The zero-order chi connectivity index (χ0) is 16.5. The van der Waals surface area contributed by atoms with E-state index in [4.69, 9.17) is 4.74 Å². The van der Waals surface area contributed by atoms with E-state index in [9.17, 15) is 4.79 Å². The number of carbonyl (C=O) groups is 1. The van der Waals surface area contributed by atoms with Crippen LogP contribution in [-0.4, -0.2) is 26.0 Å². The number of carbonyl (C=O) groups excluding carboxylic acids is 1. The van der Waals surface area contributed by atoms with Crippen molar-refractivity contribution in [2.24, 2.45) is 0 Å². The lowest BCUT2D eigenvalue weighted by Crippen LogP contribution is -2.26. The molecular weight excluding hydrogens is 356 g/mol. The summed E-state index contributed by atoms with van der Waals surface area (Å²) >= 11 is 3.45. The van der Waals surface area contributed by atoms with Gasteiger partial charge in [0.25, 0.3) is 5.91 Å². The summed E-state index contributed by atoms with van der Waals surface area (Å²) in [5.74, 6) is 0.762. The second-order valence-corrected chi connectivity index (χ2v) is 5.98. The van der Waals surface area contributed by atoms with Crippen molar-refractivity contribution in [2.45, 2.75) is 13.0 Å². The Balaban J connectivity index is 1.84. The van der Waals surface area contributed by atoms with E-state index in [1.165, 1.54) is 0 Å². The number of rotatable bonds is 8. The van der Waals surface area contributed by atoms with Crippen LogP contribution in [0.15, 0.2) is 53.0 Å². The van der Waals surface area contributed by atoms with Gasteiger partial charge in [-0.05, 0) is 65.8 Å². The monoisotopic (exact) mass is 376 g/mol. The molecule has 4 nitrogen and oxygen atoms in total. The van der Waals surface area contributed by atoms with Crippen molar-refractivity contribution in [3.63, 3.8) is 0 Å². The maximum Gasteiger partial charge on any atom is 0.251 e. The van der Waals surface area contributed by atoms with Gasteiger partial charge >= 0.3 is 0 Å². The van der Waals surface area contributed by atoms with Crippen LogP contribution in [0.2, 0.25) is 0 Å². The van der Waals surface area contributed by atoms with Crippen LogP contribution in [0, 0.1) is 0 Å². The molecular formula is C18H21BrN2O2. The fourth-order valence-electron chi connectivity index (χ4n) is 2.04. The van der Waals surface area contributed by atoms with Crippen molar-refractivity contribution in [1.82, 2.24) is 10.6 Å². The van der Waals surface area contributed by atoms with Crippen molar-refractivity contribution in [3.8, 4) is 5.75 Å². The van der Waals surface area contributed by atoms with Crippen molar-refractivity contribution in [2.75, 3.05) is 20.1 Å². The zero-order valence-corrected chi connectivity index (χ0v) is 14.7. The Morgan fingerprint density at radius 1 is 1.09 bits per heavy atom. The smallest absolute Gasteiger partial charge is 0.251 e. The topological polar surface area (TPSA) is 50.4 Å². The molecule has 0 saturated carbocycles. The number of amides is 1. The van der Waals surface area contributed by atoms with Crippen LogP contribution < -0.4 is 15.4 Å². The molecule has 0 heterocycles. The van der Waals surface area contributed by atoms with Gasteiger partial charge in [0.05, 0.1) is 4.47 Å². The van der Waals surface area contributed by atoms with Crippen LogP contribution in [0.3, 0.4) is 0 Å². The average Bonchev–Trinajstić information content (AvgIpc) is 2.58. The highest BCUT2D eigenvalue weighted by molar-refractivity contribution is 9.10. The third-order valence-corrected chi connectivity index (χ3v) is 3.99. The summed E-state index contributed by atoms with van der Waals surface area (Å²) in [6.45, 7) is 2.03. The number of benzene rings is 2. The van der Waals surface area contributed by atoms with Crippen LogP contribution in [0.25, 0.3) is 0 Å². The van der Waals surface area contributed by atoms with E-state index >= 15 is 0 Å². The molecule has 2 aromatic rings. The van der Waals surface area contributed by atoms with Gasteiger partial charge < -0.3 is 15.4 Å². The number of hydrogen-bond donors (Lipinski definition) is 2. The van der Waals surface area contributed by atoms with Crippen LogP contribution in [0.4, 0.5) is 0 Å². The number of ether oxygens (including phenoxy) is 1. The predicted molar refractivity (Wildman–Crippen MR) is 95.8 cm³/mol. The molecule has 0 saturated heterocycles. The molecule has 122 valence electrons. The van der Waals surface area contributed by atoms with Gasteiger partial charge in [-0.1, -0.05) is 24.3 Å². The van der Waals surface area contributed by atoms with E-state index in [1.54, 1.807) is 0 Å². The van der Waals surface area contributed by atoms with E-state index < -0.39 is 0 Å². The van der Waals surface area contributed by atoms with Crippen molar-refractivity contribution in [1.29, 1.82) is 0 Å². The van der Waals surface area contributed by atoms with E-state index in [-0.39, 0.29) is 5.91 Å². The standard InChI is InChI=1S/C18H21BrN2O2/c1-20-11-4-12-21-18(22)15-9-7-14(8-10-15)13-23-17-6-3-2-5-16(17)19/h2-3,5-10,20H,4,11-13H2,1H3,(H,21,22). The van der Waals surface area contributed by atoms with Gasteiger partial charge in [-0.2, -0.15) is 0 Å². The van der Waals surface area contributed by atoms with E-state index in [1.807, 2.05) is 55.6 Å². The summed E-state index contributed by atoms with van der Waals surface area (Å²) < 4.78 is 6.69. The summed E-state index contributed by atoms with van der Waals surface area (Å²) in [4.78, 5) is 12.0. The van der Waals surface area contributed by atoms with E-state index in [2.05, 4.69) is 26.6 Å². The maximum absolute atomic E-state index is 12.0. The first-order valence-electron chi connectivity index (χ1n) is 7.60.